The molecule has 0 N–H and O–H groups in total. The smallest absolute Gasteiger partial charge is 0.337 e. The molecule has 1 saturated heterocycles. The van der Waals surface area contributed by atoms with Crippen molar-refractivity contribution in [3.63, 3.8) is 0 Å². The van der Waals surface area contributed by atoms with Crippen LogP contribution in [-0.2, 0) is 28.6 Å². The number of carbonyl (C=O) groups excluding carboxylic acids is 1. The molecule has 0 aliphatic carbocycles. The Kier molecular flexibility index (Phi) is 7.87. The Balaban J connectivity index is 1.66. The van der Waals surface area contributed by atoms with Gasteiger partial charge < -0.3 is 9.64 Å². The zero-order valence-electron chi connectivity index (χ0n) is 17.6. The van der Waals surface area contributed by atoms with Crippen LogP contribution in [0.4, 0.5) is 5.69 Å². The summed E-state index contributed by atoms with van der Waals surface area (Å²) < 4.78 is 29.9. The number of thiol groups is 1. The molecule has 30 heavy (non-hydrogen) atoms. The topological polar surface area (TPSA) is 66.9 Å². The lowest BCUT2D eigenvalue weighted by Crippen LogP contribution is -2.33. The summed E-state index contributed by atoms with van der Waals surface area (Å²) in [6.07, 6.45) is 3.04. The number of hydrogen-bond donors (Lipinski definition) is 1. The summed E-state index contributed by atoms with van der Waals surface area (Å²) in [5.74, 6) is 0.357. The Hall–Kier alpha value is -2.38. The summed E-state index contributed by atoms with van der Waals surface area (Å²) in [5, 5.41) is 0. The lowest BCUT2D eigenvalue weighted by Gasteiger charge is -2.33. The number of hydrogen-bond acceptors (Lipinski definition) is 5. The maximum Gasteiger partial charge on any atom is 0.337 e. The van der Waals surface area contributed by atoms with Crippen LogP contribution in [0.3, 0.4) is 0 Å². The number of para-hydroxylation sites is 1. The fraction of sp³-hybridized carbons (Fsp3) is 0.435. The zero-order valence-corrected chi connectivity index (χ0v) is 18.5. The van der Waals surface area contributed by atoms with Gasteiger partial charge in [0.15, 0.2) is 0 Å². The molecule has 7 heteroatoms. The van der Waals surface area contributed by atoms with Crippen molar-refractivity contribution in [1.82, 2.24) is 4.31 Å². The van der Waals surface area contributed by atoms with Gasteiger partial charge in [0, 0.05) is 31.9 Å². The fourth-order valence-electron chi connectivity index (χ4n) is 3.82. The van der Waals surface area contributed by atoms with Crippen molar-refractivity contribution in [3.05, 3.63) is 65.2 Å². The quantitative estimate of drug-likeness (QED) is 0.514. The largest absolute Gasteiger partial charge is 0.465 e. The van der Waals surface area contributed by atoms with E-state index in [1.807, 2.05) is 12.1 Å². The number of anilines is 1. The Bertz CT molecular complexity index is 911. The number of ether oxygens (including phenoxy) is 1. The van der Waals surface area contributed by atoms with Crippen LogP contribution in [0.25, 0.3) is 0 Å². The third-order valence-corrected chi connectivity index (χ3v) is 6.53. The van der Waals surface area contributed by atoms with Crippen LogP contribution in [0.1, 0.15) is 41.3 Å². The molecular weight excluding hydrogens is 400 g/mol. The van der Waals surface area contributed by atoms with Crippen LogP contribution in [-0.4, -0.2) is 45.4 Å². The summed E-state index contributed by atoms with van der Waals surface area (Å²) in [4.78, 5) is 14.0. The number of methoxy groups -OCH3 is 1. The third-order valence-electron chi connectivity index (χ3n) is 5.73. The second-order valence-corrected chi connectivity index (χ2v) is 8.90. The minimum atomic E-state index is -2.71. The summed E-state index contributed by atoms with van der Waals surface area (Å²) in [5.41, 5.74) is 3.67. The van der Waals surface area contributed by atoms with Gasteiger partial charge in [-0.2, -0.15) is 4.31 Å². The number of nitrogens with zero attached hydrogens (tertiary/aromatic N) is 2. The molecule has 0 bridgehead atoms. The predicted molar refractivity (Wildman–Crippen MR) is 119 cm³/mol. The Morgan fingerprint density at radius 1 is 1.10 bits per heavy atom. The van der Waals surface area contributed by atoms with Gasteiger partial charge in [-0.25, -0.2) is 13.2 Å². The fourth-order valence-corrected chi connectivity index (χ4v) is 4.37. The third kappa shape index (κ3) is 5.83. The Morgan fingerprint density at radius 3 is 2.40 bits per heavy atom. The van der Waals surface area contributed by atoms with Crippen molar-refractivity contribution in [2.75, 3.05) is 31.6 Å². The van der Waals surface area contributed by atoms with Crippen molar-refractivity contribution in [2.45, 2.75) is 32.7 Å². The standard InChI is InChI=1S/C23H30N2O4S/c1-18-11-14-24(15-12-18)22-6-4-3-5-20(22)13-16-25(30(27)28)17-19-7-9-21(10-8-19)23(26)29-2/h3-10,18,30H,11-17H2,1-2H3. The number of esters is 1. The first kappa shape index (κ1) is 22.3. The van der Waals surface area contributed by atoms with Crippen molar-refractivity contribution in [3.8, 4) is 0 Å². The molecule has 162 valence electrons. The van der Waals surface area contributed by atoms with E-state index in [1.54, 1.807) is 24.3 Å². The van der Waals surface area contributed by atoms with Gasteiger partial charge in [0.2, 0.25) is 10.9 Å². The summed E-state index contributed by atoms with van der Waals surface area (Å²) in [6, 6.07) is 15.1. The highest BCUT2D eigenvalue weighted by Crippen LogP contribution is 2.26. The molecule has 3 rings (SSSR count). The van der Waals surface area contributed by atoms with Crippen LogP contribution in [0.5, 0.6) is 0 Å². The maximum atomic E-state index is 11.8. The number of carbonyl (C=O) groups is 1. The first-order chi connectivity index (χ1) is 14.5. The minimum Gasteiger partial charge on any atom is -0.465 e. The number of rotatable bonds is 8. The van der Waals surface area contributed by atoms with Crippen LogP contribution in [0.2, 0.25) is 0 Å². The van der Waals surface area contributed by atoms with E-state index in [0.29, 0.717) is 18.5 Å². The zero-order chi connectivity index (χ0) is 21.5. The maximum absolute atomic E-state index is 11.8. The normalized spacial score (nSPS) is 15.0. The van der Waals surface area contributed by atoms with Gasteiger partial charge in [-0.3, -0.25) is 0 Å². The van der Waals surface area contributed by atoms with Crippen molar-refractivity contribution in [2.24, 2.45) is 5.92 Å². The molecule has 0 amide bonds. The predicted octanol–water partition coefficient (Wildman–Crippen LogP) is 3.28. The van der Waals surface area contributed by atoms with Gasteiger partial charge in [-0.15, -0.1) is 0 Å². The summed E-state index contributed by atoms with van der Waals surface area (Å²) in [6.45, 7) is 5.08. The van der Waals surface area contributed by atoms with Gasteiger partial charge >= 0.3 is 5.97 Å². The van der Waals surface area contributed by atoms with Gasteiger partial charge in [-0.05, 0) is 54.5 Å². The second kappa shape index (κ2) is 10.6. The molecule has 1 fully saturated rings. The van der Waals surface area contributed by atoms with Gasteiger partial charge in [0.1, 0.15) is 0 Å². The van der Waals surface area contributed by atoms with Crippen LogP contribution < -0.4 is 4.90 Å². The minimum absolute atomic E-state index is 0.281. The molecule has 0 saturated carbocycles. The van der Waals surface area contributed by atoms with E-state index in [0.717, 1.165) is 24.6 Å². The molecule has 0 radical (unpaired) electrons. The lowest BCUT2D eigenvalue weighted by molar-refractivity contribution is 0.0600. The number of piperidine rings is 1. The number of benzene rings is 2. The SMILES string of the molecule is COC(=O)c1ccc(CN(CCc2ccccc2N2CCC(C)CC2)[SH](=O)=O)cc1. The van der Waals surface area contributed by atoms with E-state index in [1.165, 1.54) is 35.5 Å². The molecule has 0 aromatic heterocycles. The van der Waals surface area contributed by atoms with E-state index in [9.17, 15) is 13.2 Å². The van der Waals surface area contributed by atoms with E-state index in [4.69, 9.17) is 4.74 Å². The molecule has 0 atom stereocenters. The van der Waals surface area contributed by atoms with E-state index in [-0.39, 0.29) is 6.54 Å². The summed E-state index contributed by atoms with van der Waals surface area (Å²) in [7, 11) is -1.37. The van der Waals surface area contributed by atoms with Gasteiger partial charge in [-0.1, -0.05) is 37.3 Å². The lowest BCUT2D eigenvalue weighted by atomic mass is 9.97. The van der Waals surface area contributed by atoms with Crippen molar-refractivity contribution in [1.29, 1.82) is 0 Å². The first-order valence-electron chi connectivity index (χ1n) is 10.4. The monoisotopic (exact) mass is 430 g/mol. The van der Waals surface area contributed by atoms with E-state index in [2.05, 4.69) is 24.0 Å². The van der Waals surface area contributed by atoms with Crippen LogP contribution >= 0.6 is 0 Å². The molecule has 2 aromatic carbocycles. The molecule has 1 aliphatic rings. The highest BCUT2D eigenvalue weighted by Gasteiger charge is 2.19. The highest BCUT2D eigenvalue weighted by atomic mass is 32.2. The molecule has 1 aliphatic heterocycles. The Labute approximate surface area is 180 Å². The van der Waals surface area contributed by atoms with Gasteiger partial charge in [0.05, 0.1) is 12.7 Å². The highest BCUT2D eigenvalue weighted by molar-refractivity contribution is 7.69. The second-order valence-electron chi connectivity index (χ2n) is 7.86. The van der Waals surface area contributed by atoms with Crippen molar-refractivity contribution < 1.29 is 17.9 Å². The average Bonchev–Trinajstić information content (AvgIpc) is 2.77. The molecule has 1 heterocycles. The molecule has 0 unspecified atom stereocenters. The summed E-state index contributed by atoms with van der Waals surface area (Å²) >= 11 is 0. The van der Waals surface area contributed by atoms with Gasteiger partial charge in [0.25, 0.3) is 0 Å². The Morgan fingerprint density at radius 2 is 1.77 bits per heavy atom. The molecule has 6 nitrogen and oxygen atoms in total. The van der Waals surface area contributed by atoms with Crippen LogP contribution in [0.15, 0.2) is 48.5 Å². The molecule has 0 spiro atoms. The van der Waals surface area contributed by atoms with E-state index < -0.39 is 16.9 Å². The first-order valence-corrected chi connectivity index (χ1v) is 11.5. The van der Waals surface area contributed by atoms with E-state index >= 15 is 0 Å². The van der Waals surface area contributed by atoms with Crippen molar-refractivity contribution >= 4 is 22.5 Å². The molecular formula is C23H30N2O4S. The average molecular weight is 431 g/mol. The molecule has 2 aromatic rings. The van der Waals surface area contributed by atoms with Crippen LogP contribution in [0, 0.1) is 5.92 Å².